The van der Waals surface area contributed by atoms with E-state index >= 15 is 0 Å². The fraction of sp³-hybridized carbons (Fsp3) is 0.235. The van der Waals surface area contributed by atoms with Crippen LogP contribution in [0.3, 0.4) is 0 Å². The fourth-order valence-electron chi connectivity index (χ4n) is 2.62. The molecule has 6 N–H and O–H groups in total. The number of aliphatic imine (C=N–C) groups is 1. The van der Waals surface area contributed by atoms with E-state index in [2.05, 4.69) is 30.7 Å². The summed E-state index contributed by atoms with van der Waals surface area (Å²) in [5.74, 6) is 0.125. The second-order valence-corrected chi connectivity index (χ2v) is 6.94. The molecule has 0 unspecified atom stereocenters. The summed E-state index contributed by atoms with van der Waals surface area (Å²) < 4.78 is 13.3. The number of nitrogens with one attached hydrogen (secondary N) is 3. The van der Waals surface area contributed by atoms with Gasteiger partial charge in [0.1, 0.15) is 5.82 Å². The van der Waals surface area contributed by atoms with Crippen LogP contribution in [0.4, 0.5) is 16.0 Å². The van der Waals surface area contributed by atoms with Crippen molar-refractivity contribution >= 4 is 40.2 Å². The highest BCUT2D eigenvalue weighted by atomic mass is 35.5. The van der Waals surface area contributed by atoms with Gasteiger partial charge in [0.25, 0.3) is 0 Å². The van der Waals surface area contributed by atoms with Crippen molar-refractivity contribution in [2.24, 2.45) is 10.7 Å². The highest BCUT2D eigenvalue weighted by Crippen LogP contribution is 2.32. The average Bonchev–Trinajstić information content (AvgIpc) is 3.24. The quantitative estimate of drug-likeness (QED) is 0.259. The van der Waals surface area contributed by atoms with Gasteiger partial charge in [-0.3, -0.25) is 10.7 Å². The number of hydrogen-bond acceptors (Lipinski definition) is 6. The number of amidine groups is 1. The molecule has 4 rings (SSSR count). The number of fused-ring (bicyclic) bond motifs is 1. The summed E-state index contributed by atoms with van der Waals surface area (Å²) in [5, 5.41) is 12.7. The second kappa shape index (κ2) is 6.76. The van der Waals surface area contributed by atoms with Crippen LogP contribution in [0, 0.1) is 5.82 Å². The highest BCUT2D eigenvalue weighted by molar-refractivity contribution is 6.31. The Morgan fingerprint density at radius 1 is 1.41 bits per heavy atom. The Balaban J connectivity index is 1.68. The zero-order valence-corrected chi connectivity index (χ0v) is 14.9. The maximum absolute atomic E-state index is 13.3. The molecule has 0 aliphatic heterocycles. The lowest BCUT2D eigenvalue weighted by Crippen LogP contribution is -2.31. The van der Waals surface area contributed by atoms with Crippen LogP contribution < -0.4 is 16.5 Å². The second-order valence-electron chi connectivity index (χ2n) is 6.53. The lowest BCUT2D eigenvalue weighted by molar-refractivity contribution is 0.235. The van der Waals surface area contributed by atoms with Crippen molar-refractivity contribution in [2.45, 2.75) is 18.4 Å². The Morgan fingerprint density at radius 3 is 2.93 bits per heavy atom. The summed E-state index contributed by atoms with van der Waals surface area (Å²) in [6.07, 6.45) is 3.52. The molecule has 27 heavy (non-hydrogen) atoms. The molecule has 0 saturated heterocycles. The van der Waals surface area contributed by atoms with Crippen LogP contribution in [0.25, 0.3) is 11.2 Å². The van der Waals surface area contributed by atoms with Gasteiger partial charge in [-0.1, -0.05) is 11.6 Å². The predicted molar refractivity (Wildman–Crippen MR) is 101 cm³/mol. The zero-order valence-electron chi connectivity index (χ0n) is 14.1. The number of hydroxylamine groups is 1. The van der Waals surface area contributed by atoms with E-state index in [0.717, 1.165) is 12.8 Å². The molecule has 8 nitrogen and oxygen atoms in total. The highest BCUT2D eigenvalue weighted by Gasteiger charge is 2.38. The molecule has 2 heterocycles. The molecule has 140 valence electrons. The van der Waals surface area contributed by atoms with Crippen LogP contribution in [0.15, 0.2) is 35.5 Å². The third-order valence-corrected chi connectivity index (χ3v) is 4.69. The fourth-order valence-corrected chi connectivity index (χ4v) is 2.79. The molecule has 1 aliphatic rings. The van der Waals surface area contributed by atoms with Crippen molar-refractivity contribution in [2.75, 3.05) is 11.9 Å². The van der Waals surface area contributed by atoms with Crippen molar-refractivity contribution in [1.29, 1.82) is 0 Å². The maximum Gasteiger partial charge on any atom is 0.202 e. The van der Waals surface area contributed by atoms with Crippen molar-refractivity contribution in [3.8, 4) is 0 Å². The van der Waals surface area contributed by atoms with Crippen LogP contribution in [-0.2, 0) is 0 Å². The lowest BCUT2D eigenvalue weighted by atomic mass is 10.2. The number of rotatable bonds is 5. The van der Waals surface area contributed by atoms with E-state index in [0.29, 0.717) is 34.9 Å². The first-order valence-corrected chi connectivity index (χ1v) is 8.67. The van der Waals surface area contributed by atoms with E-state index in [4.69, 9.17) is 17.3 Å². The number of imidazole rings is 1. The first kappa shape index (κ1) is 17.7. The van der Waals surface area contributed by atoms with Crippen LogP contribution in [0.1, 0.15) is 18.4 Å². The minimum atomic E-state index is -0.543. The SMILES string of the molecule is NC1(CNc2nc3nccc(C(=Nc4ccc(F)c(Cl)c4)NO)c3[nH]2)CC1. The smallest absolute Gasteiger partial charge is 0.202 e. The Hall–Kier alpha value is -2.75. The Kier molecular flexibility index (Phi) is 4.42. The van der Waals surface area contributed by atoms with Gasteiger partial charge in [-0.05, 0) is 37.1 Å². The average molecular weight is 390 g/mol. The van der Waals surface area contributed by atoms with Gasteiger partial charge < -0.3 is 16.0 Å². The maximum atomic E-state index is 13.3. The van der Waals surface area contributed by atoms with Crippen LogP contribution in [0.2, 0.25) is 5.02 Å². The van der Waals surface area contributed by atoms with Gasteiger partial charge in [0.05, 0.1) is 16.2 Å². The number of hydrogen-bond donors (Lipinski definition) is 5. The zero-order chi connectivity index (χ0) is 19.0. The van der Waals surface area contributed by atoms with E-state index in [1.54, 1.807) is 12.3 Å². The molecule has 1 saturated carbocycles. The summed E-state index contributed by atoms with van der Waals surface area (Å²) in [7, 11) is 0. The Bertz CT molecular complexity index is 1030. The molecule has 1 aromatic carbocycles. The summed E-state index contributed by atoms with van der Waals surface area (Å²) >= 11 is 5.79. The van der Waals surface area contributed by atoms with E-state index in [-0.39, 0.29) is 16.4 Å². The summed E-state index contributed by atoms with van der Waals surface area (Å²) in [4.78, 5) is 16.0. The van der Waals surface area contributed by atoms with E-state index in [1.807, 2.05) is 0 Å². The molecule has 2 aromatic heterocycles. The van der Waals surface area contributed by atoms with Gasteiger partial charge >= 0.3 is 0 Å². The molecule has 0 atom stereocenters. The minimum absolute atomic E-state index is 0.0581. The summed E-state index contributed by atoms with van der Waals surface area (Å²) in [5.41, 5.74) is 9.92. The Labute approximate surface area is 158 Å². The van der Waals surface area contributed by atoms with E-state index in [1.165, 1.54) is 18.2 Å². The largest absolute Gasteiger partial charge is 0.354 e. The van der Waals surface area contributed by atoms with Gasteiger partial charge in [-0.2, -0.15) is 4.98 Å². The molecule has 0 amide bonds. The number of H-pyrrole nitrogens is 1. The first-order chi connectivity index (χ1) is 13.0. The van der Waals surface area contributed by atoms with Gasteiger partial charge in [0, 0.05) is 23.8 Å². The van der Waals surface area contributed by atoms with Crippen LogP contribution in [-0.4, -0.2) is 38.1 Å². The number of nitrogens with two attached hydrogens (primary N) is 1. The Morgan fingerprint density at radius 2 is 2.22 bits per heavy atom. The molecule has 10 heteroatoms. The number of pyridine rings is 1. The number of halogens is 2. The summed E-state index contributed by atoms with van der Waals surface area (Å²) in [6.45, 7) is 0.607. The number of aromatic nitrogens is 3. The third-order valence-electron chi connectivity index (χ3n) is 4.40. The van der Waals surface area contributed by atoms with Crippen molar-refractivity contribution in [3.63, 3.8) is 0 Å². The minimum Gasteiger partial charge on any atom is -0.354 e. The molecule has 1 aliphatic carbocycles. The topological polar surface area (TPSA) is 124 Å². The molecule has 0 radical (unpaired) electrons. The van der Waals surface area contributed by atoms with Crippen LogP contribution >= 0.6 is 11.6 Å². The van der Waals surface area contributed by atoms with Crippen molar-refractivity contribution in [1.82, 2.24) is 20.4 Å². The van der Waals surface area contributed by atoms with E-state index in [9.17, 15) is 9.60 Å². The van der Waals surface area contributed by atoms with Gasteiger partial charge in [-0.25, -0.2) is 14.4 Å². The molecular weight excluding hydrogens is 373 g/mol. The normalized spacial score (nSPS) is 15.8. The lowest BCUT2D eigenvalue weighted by Gasteiger charge is -2.08. The molecule has 0 spiro atoms. The number of anilines is 1. The monoisotopic (exact) mass is 389 g/mol. The molecule has 3 aromatic rings. The van der Waals surface area contributed by atoms with Crippen molar-refractivity contribution in [3.05, 3.63) is 46.9 Å². The molecule has 0 bridgehead atoms. The number of aromatic amines is 1. The molecular formula is C17H17ClFN7O. The standard InChI is InChI=1S/C17H17ClFN7O/c18-11-7-9(1-2-12(11)19)23-14(26-27)10-3-6-21-15-13(10)24-16(25-15)22-8-17(20)4-5-17/h1-3,6-7,27H,4-5,8,20H2,(H,23,26)(H2,21,22,24,25). The van der Waals surface area contributed by atoms with Gasteiger partial charge in [0.15, 0.2) is 11.5 Å². The first-order valence-electron chi connectivity index (χ1n) is 8.29. The third kappa shape index (κ3) is 3.70. The predicted octanol–water partition coefficient (Wildman–Crippen LogP) is 2.71. The van der Waals surface area contributed by atoms with Gasteiger partial charge in [-0.15, -0.1) is 0 Å². The number of nitrogens with zero attached hydrogens (tertiary/aromatic N) is 3. The summed E-state index contributed by atoms with van der Waals surface area (Å²) in [6, 6.07) is 5.69. The van der Waals surface area contributed by atoms with Crippen LogP contribution in [0.5, 0.6) is 0 Å². The van der Waals surface area contributed by atoms with E-state index < -0.39 is 5.82 Å². The van der Waals surface area contributed by atoms with Crippen molar-refractivity contribution < 1.29 is 9.60 Å². The molecule has 1 fully saturated rings. The van der Waals surface area contributed by atoms with Gasteiger partial charge in [0.2, 0.25) is 5.95 Å². The number of benzene rings is 1.